The molecule has 1 saturated heterocycles. The molecule has 0 bridgehead atoms. The van der Waals surface area contributed by atoms with E-state index in [1.165, 1.54) is 0 Å². The van der Waals surface area contributed by atoms with Crippen molar-refractivity contribution in [3.63, 3.8) is 0 Å². The lowest BCUT2D eigenvalue weighted by molar-refractivity contribution is -0.129. The number of hydrogen-bond donors (Lipinski definition) is 1. The molecule has 3 nitrogen and oxygen atoms in total. The second-order valence-electron chi connectivity index (χ2n) is 4.06. The predicted octanol–water partition coefficient (Wildman–Crippen LogP) is 0.320. The molecule has 0 radical (unpaired) electrons. The maximum Gasteiger partial charge on any atom is 0.225 e. The highest BCUT2D eigenvalue weighted by atomic mass is 16.2. The Labute approximate surface area is 74.1 Å². The molecule has 0 aliphatic carbocycles. The maximum atomic E-state index is 11.3. The van der Waals surface area contributed by atoms with Crippen molar-refractivity contribution in [2.45, 2.75) is 13.8 Å². The summed E-state index contributed by atoms with van der Waals surface area (Å²) in [5, 5.41) is 2.94. The Morgan fingerprint density at radius 3 is 2.58 bits per heavy atom. The molecule has 1 heterocycles. The molecule has 12 heavy (non-hydrogen) atoms. The van der Waals surface area contributed by atoms with Gasteiger partial charge in [-0.25, -0.2) is 0 Å². The molecule has 0 aromatic carbocycles. The first-order valence-corrected chi connectivity index (χ1v) is 4.56. The third kappa shape index (κ3) is 2.48. The molecule has 0 aromatic heterocycles. The van der Waals surface area contributed by atoms with E-state index in [9.17, 15) is 4.79 Å². The first kappa shape index (κ1) is 9.52. The first-order valence-electron chi connectivity index (χ1n) is 4.56. The van der Waals surface area contributed by atoms with E-state index in [4.69, 9.17) is 0 Å². The van der Waals surface area contributed by atoms with Crippen LogP contribution in [0.5, 0.6) is 0 Å². The lowest BCUT2D eigenvalue weighted by Gasteiger charge is -2.35. The van der Waals surface area contributed by atoms with Crippen molar-refractivity contribution < 1.29 is 4.79 Å². The van der Waals surface area contributed by atoms with E-state index in [0.717, 1.165) is 19.6 Å². The molecule has 1 aliphatic heterocycles. The predicted molar refractivity (Wildman–Crippen MR) is 48.8 cm³/mol. The van der Waals surface area contributed by atoms with Crippen LogP contribution < -0.4 is 5.32 Å². The van der Waals surface area contributed by atoms with Crippen LogP contribution in [0.1, 0.15) is 13.8 Å². The van der Waals surface area contributed by atoms with Crippen LogP contribution in [0.3, 0.4) is 0 Å². The SMILES string of the molecule is CC(C)CNC(=O)C1CN(C)C1. The van der Waals surface area contributed by atoms with Gasteiger partial charge in [0.25, 0.3) is 0 Å². The Morgan fingerprint density at radius 1 is 1.58 bits per heavy atom. The van der Waals surface area contributed by atoms with Gasteiger partial charge in [-0.1, -0.05) is 13.8 Å². The Bertz CT molecular complexity index is 162. The number of carbonyl (C=O) groups is 1. The van der Waals surface area contributed by atoms with E-state index < -0.39 is 0 Å². The first-order chi connectivity index (χ1) is 5.59. The standard InChI is InChI=1S/C9H18N2O/c1-7(2)4-10-9(12)8-5-11(3)6-8/h7-8H,4-6H2,1-3H3,(H,10,12). The van der Waals surface area contributed by atoms with Crippen molar-refractivity contribution in [3.05, 3.63) is 0 Å². The summed E-state index contributed by atoms with van der Waals surface area (Å²) in [5.41, 5.74) is 0. The zero-order valence-corrected chi connectivity index (χ0v) is 8.13. The molecule has 70 valence electrons. The van der Waals surface area contributed by atoms with Gasteiger partial charge in [-0.05, 0) is 13.0 Å². The highest BCUT2D eigenvalue weighted by Gasteiger charge is 2.29. The second kappa shape index (κ2) is 3.90. The zero-order valence-electron chi connectivity index (χ0n) is 8.13. The summed E-state index contributed by atoms with van der Waals surface area (Å²) in [4.78, 5) is 13.5. The Kier molecular flexibility index (Phi) is 3.09. The Balaban J connectivity index is 2.13. The third-order valence-electron chi connectivity index (χ3n) is 2.12. The summed E-state index contributed by atoms with van der Waals surface area (Å²) in [7, 11) is 2.03. The van der Waals surface area contributed by atoms with Gasteiger partial charge in [-0.3, -0.25) is 4.79 Å². The summed E-state index contributed by atoms with van der Waals surface area (Å²) in [6.07, 6.45) is 0. The third-order valence-corrected chi connectivity index (χ3v) is 2.12. The minimum Gasteiger partial charge on any atom is -0.356 e. The van der Waals surface area contributed by atoms with Crippen LogP contribution in [0.25, 0.3) is 0 Å². The van der Waals surface area contributed by atoms with Gasteiger partial charge in [0.15, 0.2) is 0 Å². The molecular formula is C9H18N2O. The van der Waals surface area contributed by atoms with Crippen molar-refractivity contribution in [2.75, 3.05) is 26.7 Å². The molecule has 1 aliphatic rings. The number of nitrogens with one attached hydrogen (secondary N) is 1. The summed E-state index contributed by atoms with van der Waals surface area (Å²) in [5.74, 6) is 1.02. The number of carbonyl (C=O) groups excluding carboxylic acids is 1. The smallest absolute Gasteiger partial charge is 0.225 e. The van der Waals surface area contributed by atoms with Crippen molar-refractivity contribution in [1.82, 2.24) is 10.2 Å². The highest BCUT2D eigenvalue weighted by Crippen LogP contribution is 2.12. The van der Waals surface area contributed by atoms with E-state index >= 15 is 0 Å². The van der Waals surface area contributed by atoms with Gasteiger partial charge in [0, 0.05) is 19.6 Å². The van der Waals surface area contributed by atoms with Gasteiger partial charge in [-0.15, -0.1) is 0 Å². The fourth-order valence-electron chi connectivity index (χ4n) is 1.31. The lowest BCUT2D eigenvalue weighted by atomic mass is 10.0. The molecule has 1 amide bonds. The van der Waals surface area contributed by atoms with Gasteiger partial charge < -0.3 is 10.2 Å². The van der Waals surface area contributed by atoms with Crippen molar-refractivity contribution in [3.8, 4) is 0 Å². The van der Waals surface area contributed by atoms with Crippen LogP contribution in [0.15, 0.2) is 0 Å². The molecule has 0 saturated carbocycles. The molecule has 0 unspecified atom stereocenters. The summed E-state index contributed by atoms with van der Waals surface area (Å²) in [6, 6.07) is 0. The largest absolute Gasteiger partial charge is 0.356 e. The lowest BCUT2D eigenvalue weighted by Crippen LogP contribution is -2.52. The summed E-state index contributed by atoms with van der Waals surface area (Å²) >= 11 is 0. The monoisotopic (exact) mass is 170 g/mol. The van der Waals surface area contributed by atoms with Crippen LogP contribution in [0, 0.1) is 11.8 Å². The van der Waals surface area contributed by atoms with Crippen molar-refractivity contribution in [2.24, 2.45) is 11.8 Å². The van der Waals surface area contributed by atoms with Crippen molar-refractivity contribution in [1.29, 1.82) is 0 Å². The van der Waals surface area contributed by atoms with Gasteiger partial charge in [-0.2, -0.15) is 0 Å². The van der Waals surface area contributed by atoms with Gasteiger partial charge in [0.2, 0.25) is 5.91 Å². The molecule has 1 rings (SSSR count). The quantitative estimate of drug-likeness (QED) is 0.661. The van der Waals surface area contributed by atoms with Gasteiger partial charge in [0.05, 0.1) is 5.92 Å². The van der Waals surface area contributed by atoms with Crippen LogP contribution in [-0.2, 0) is 4.79 Å². The molecule has 1 N–H and O–H groups in total. The number of nitrogens with zero attached hydrogens (tertiary/aromatic N) is 1. The minimum atomic E-state index is 0.224. The fourth-order valence-corrected chi connectivity index (χ4v) is 1.31. The number of amides is 1. The fraction of sp³-hybridized carbons (Fsp3) is 0.889. The zero-order chi connectivity index (χ0) is 9.14. The minimum absolute atomic E-state index is 0.224. The topological polar surface area (TPSA) is 32.3 Å². The second-order valence-corrected chi connectivity index (χ2v) is 4.06. The van der Waals surface area contributed by atoms with E-state index in [1.54, 1.807) is 0 Å². The molecule has 1 fully saturated rings. The van der Waals surface area contributed by atoms with E-state index in [-0.39, 0.29) is 11.8 Å². The normalized spacial score (nSPS) is 19.3. The summed E-state index contributed by atoms with van der Waals surface area (Å²) < 4.78 is 0. The maximum absolute atomic E-state index is 11.3. The van der Waals surface area contributed by atoms with Gasteiger partial charge in [0.1, 0.15) is 0 Å². The van der Waals surface area contributed by atoms with Gasteiger partial charge >= 0.3 is 0 Å². The van der Waals surface area contributed by atoms with Crippen LogP contribution >= 0.6 is 0 Å². The highest BCUT2D eigenvalue weighted by molar-refractivity contribution is 5.79. The number of hydrogen-bond acceptors (Lipinski definition) is 2. The molecule has 3 heteroatoms. The van der Waals surface area contributed by atoms with E-state index in [2.05, 4.69) is 24.1 Å². The number of likely N-dealkylation sites (tertiary alicyclic amines) is 1. The number of rotatable bonds is 3. The average molecular weight is 170 g/mol. The van der Waals surface area contributed by atoms with Crippen LogP contribution in [0.4, 0.5) is 0 Å². The molecule has 0 aromatic rings. The average Bonchev–Trinajstić information content (AvgIpc) is 1.94. The summed E-state index contributed by atoms with van der Waals surface area (Å²) in [6.45, 7) is 6.85. The van der Waals surface area contributed by atoms with E-state index in [1.807, 2.05) is 7.05 Å². The van der Waals surface area contributed by atoms with Crippen molar-refractivity contribution >= 4 is 5.91 Å². The van der Waals surface area contributed by atoms with Crippen LogP contribution in [-0.4, -0.2) is 37.5 Å². The molecule has 0 spiro atoms. The Morgan fingerprint density at radius 2 is 2.17 bits per heavy atom. The van der Waals surface area contributed by atoms with E-state index in [0.29, 0.717) is 5.92 Å². The molecule has 0 atom stereocenters. The Hall–Kier alpha value is -0.570. The van der Waals surface area contributed by atoms with Crippen LogP contribution in [0.2, 0.25) is 0 Å². The molecular weight excluding hydrogens is 152 g/mol.